The molecule has 0 aliphatic heterocycles. The van der Waals surface area contributed by atoms with Crippen molar-refractivity contribution in [2.45, 2.75) is 122 Å². The highest BCUT2D eigenvalue weighted by atomic mass is 16.5. The first kappa shape index (κ1) is 24.1. The molecule has 1 aliphatic rings. The van der Waals surface area contributed by atoms with E-state index >= 15 is 0 Å². The molecule has 1 atom stereocenters. The summed E-state index contributed by atoms with van der Waals surface area (Å²) in [5.41, 5.74) is -0.690. The Bertz CT molecular complexity index is 399. The molecule has 27 heavy (non-hydrogen) atoms. The van der Waals surface area contributed by atoms with Crippen LogP contribution in [0.5, 0.6) is 0 Å². The number of hydrogen-bond donors (Lipinski definition) is 0. The maximum Gasteiger partial charge on any atom is 0.156 e. The van der Waals surface area contributed by atoms with Crippen LogP contribution in [0.1, 0.15) is 116 Å². The monoisotopic (exact) mass is 376 g/mol. The van der Waals surface area contributed by atoms with Gasteiger partial charge >= 0.3 is 0 Å². The first-order valence-corrected chi connectivity index (χ1v) is 11.8. The molecule has 2 heteroatoms. The van der Waals surface area contributed by atoms with Crippen LogP contribution in [0.3, 0.4) is 0 Å². The van der Waals surface area contributed by atoms with Gasteiger partial charge in [-0.3, -0.25) is 4.79 Å². The van der Waals surface area contributed by atoms with Crippen LogP contribution < -0.4 is 0 Å². The van der Waals surface area contributed by atoms with Crippen LogP contribution in [-0.4, -0.2) is 18.5 Å². The van der Waals surface area contributed by atoms with Crippen molar-refractivity contribution in [1.29, 1.82) is 0 Å². The number of aldehydes is 1. The van der Waals surface area contributed by atoms with E-state index in [1.165, 1.54) is 96.3 Å². The predicted octanol–water partition coefficient (Wildman–Crippen LogP) is 7.72. The standard InChI is InChI=1S/C25H44O2/c1-2-3-4-5-6-7-8-9-10-11-12-13-14-15-16-20-23-27-25(24-26)21-18-17-19-22-25/h17-19,21,24H,2-16,20,22-23H2,1H3. The predicted molar refractivity (Wildman–Crippen MR) is 117 cm³/mol. The van der Waals surface area contributed by atoms with Gasteiger partial charge in [-0.25, -0.2) is 0 Å². The second kappa shape index (κ2) is 17.2. The Balaban J connectivity index is 1.77. The van der Waals surface area contributed by atoms with Crippen molar-refractivity contribution in [3.8, 4) is 0 Å². The summed E-state index contributed by atoms with van der Waals surface area (Å²) >= 11 is 0. The lowest BCUT2D eigenvalue weighted by atomic mass is 9.97. The molecule has 0 spiro atoms. The van der Waals surface area contributed by atoms with Crippen molar-refractivity contribution in [3.05, 3.63) is 24.3 Å². The van der Waals surface area contributed by atoms with Crippen molar-refractivity contribution in [1.82, 2.24) is 0 Å². The van der Waals surface area contributed by atoms with Crippen LogP contribution in [-0.2, 0) is 9.53 Å². The van der Waals surface area contributed by atoms with Crippen molar-refractivity contribution in [2.24, 2.45) is 0 Å². The van der Waals surface area contributed by atoms with E-state index in [1.807, 2.05) is 24.3 Å². The Morgan fingerprint density at radius 3 is 1.63 bits per heavy atom. The second-order valence-corrected chi connectivity index (χ2v) is 8.22. The van der Waals surface area contributed by atoms with Gasteiger partial charge in [-0.15, -0.1) is 0 Å². The molecule has 156 valence electrons. The van der Waals surface area contributed by atoms with E-state index in [1.54, 1.807) is 0 Å². The van der Waals surface area contributed by atoms with Crippen molar-refractivity contribution in [2.75, 3.05) is 6.61 Å². The van der Waals surface area contributed by atoms with Gasteiger partial charge in [-0.2, -0.15) is 0 Å². The summed E-state index contributed by atoms with van der Waals surface area (Å²) in [4.78, 5) is 11.3. The fraction of sp³-hybridized carbons (Fsp3) is 0.800. The van der Waals surface area contributed by atoms with E-state index in [0.717, 1.165) is 12.7 Å². The molecule has 0 radical (unpaired) electrons. The Labute approximate surface area is 168 Å². The molecule has 0 saturated heterocycles. The maximum atomic E-state index is 11.3. The SMILES string of the molecule is CCCCCCCCCCCCCCCCCCOC1(C=O)C=CC=CC1. The molecule has 1 rings (SSSR count). The number of unbranched alkanes of at least 4 members (excludes halogenated alkanes) is 15. The van der Waals surface area contributed by atoms with Crippen molar-refractivity contribution >= 4 is 6.29 Å². The molecule has 1 aliphatic carbocycles. The van der Waals surface area contributed by atoms with Crippen LogP contribution in [0.25, 0.3) is 0 Å². The zero-order valence-corrected chi connectivity index (χ0v) is 17.9. The Morgan fingerprint density at radius 2 is 1.22 bits per heavy atom. The van der Waals surface area contributed by atoms with E-state index in [0.29, 0.717) is 13.0 Å². The van der Waals surface area contributed by atoms with Crippen LogP contribution in [0.4, 0.5) is 0 Å². The van der Waals surface area contributed by atoms with Gasteiger partial charge in [-0.1, -0.05) is 121 Å². The van der Waals surface area contributed by atoms with Gasteiger partial charge < -0.3 is 4.74 Å². The fourth-order valence-corrected chi connectivity index (χ4v) is 3.76. The highest BCUT2D eigenvalue weighted by Crippen LogP contribution is 2.21. The second-order valence-electron chi connectivity index (χ2n) is 8.22. The van der Waals surface area contributed by atoms with E-state index in [4.69, 9.17) is 4.74 Å². The van der Waals surface area contributed by atoms with Crippen LogP contribution in [0.15, 0.2) is 24.3 Å². The molecular weight excluding hydrogens is 332 g/mol. The molecule has 0 N–H and O–H groups in total. The number of allylic oxidation sites excluding steroid dienone is 2. The first-order chi connectivity index (χ1) is 13.3. The summed E-state index contributed by atoms with van der Waals surface area (Å²) in [7, 11) is 0. The van der Waals surface area contributed by atoms with Gasteiger partial charge in [0.2, 0.25) is 0 Å². The number of rotatable bonds is 19. The van der Waals surface area contributed by atoms with Gasteiger partial charge in [0.15, 0.2) is 6.29 Å². The zero-order chi connectivity index (χ0) is 19.5. The molecule has 0 aromatic rings. The summed E-state index contributed by atoms with van der Waals surface area (Å²) < 4.78 is 5.83. The molecule has 0 aromatic heterocycles. The third kappa shape index (κ3) is 13.0. The molecule has 0 fully saturated rings. The number of carbonyl (C=O) groups excluding carboxylic acids is 1. The number of carbonyl (C=O) groups is 1. The lowest BCUT2D eigenvalue weighted by molar-refractivity contribution is -0.125. The summed E-state index contributed by atoms with van der Waals surface area (Å²) in [6, 6.07) is 0. The minimum absolute atomic E-state index is 0.672. The van der Waals surface area contributed by atoms with Gasteiger partial charge in [0, 0.05) is 13.0 Å². The highest BCUT2D eigenvalue weighted by Gasteiger charge is 2.26. The molecule has 0 saturated carbocycles. The third-order valence-electron chi connectivity index (χ3n) is 5.63. The minimum Gasteiger partial charge on any atom is -0.363 e. The van der Waals surface area contributed by atoms with Crippen LogP contribution in [0.2, 0.25) is 0 Å². The fourth-order valence-electron chi connectivity index (χ4n) is 3.76. The molecular formula is C25H44O2. The summed E-state index contributed by atoms with van der Waals surface area (Å²) in [6.45, 7) is 2.97. The molecule has 0 aromatic carbocycles. The van der Waals surface area contributed by atoms with Crippen molar-refractivity contribution < 1.29 is 9.53 Å². The average Bonchev–Trinajstić information content (AvgIpc) is 2.71. The molecule has 0 heterocycles. The Kier molecular flexibility index (Phi) is 15.4. The third-order valence-corrected chi connectivity index (χ3v) is 5.63. The molecule has 1 unspecified atom stereocenters. The molecule has 2 nitrogen and oxygen atoms in total. The number of ether oxygens (including phenoxy) is 1. The summed E-state index contributed by atoms with van der Waals surface area (Å²) in [5.74, 6) is 0. The van der Waals surface area contributed by atoms with Crippen LogP contribution in [0, 0.1) is 0 Å². The lowest BCUT2D eigenvalue weighted by Gasteiger charge is -2.25. The normalized spacial score (nSPS) is 18.9. The summed E-state index contributed by atoms with van der Waals surface area (Å²) in [6.07, 6.45) is 31.4. The molecule has 0 amide bonds. The Hall–Kier alpha value is -0.890. The quantitative estimate of drug-likeness (QED) is 0.170. The van der Waals surface area contributed by atoms with Gasteiger partial charge in [0.1, 0.15) is 5.60 Å². The topological polar surface area (TPSA) is 26.3 Å². The van der Waals surface area contributed by atoms with Gasteiger partial charge in [0.25, 0.3) is 0 Å². The summed E-state index contributed by atoms with van der Waals surface area (Å²) in [5, 5.41) is 0. The van der Waals surface area contributed by atoms with Gasteiger partial charge in [0.05, 0.1) is 0 Å². The maximum absolute atomic E-state index is 11.3. The zero-order valence-electron chi connectivity index (χ0n) is 17.9. The Morgan fingerprint density at radius 1 is 0.741 bits per heavy atom. The average molecular weight is 377 g/mol. The number of hydrogen-bond acceptors (Lipinski definition) is 2. The van der Waals surface area contributed by atoms with E-state index in [2.05, 4.69) is 6.92 Å². The first-order valence-electron chi connectivity index (χ1n) is 11.8. The van der Waals surface area contributed by atoms with Gasteiger partial charge in [-0.05, 0) is 12.5 Å². The minimum atomic E-state index is -0.690. The smallest absolute Gasteiger partial charge is 0.156 e. The van der Waals surface area contributed by atoms with Crippen molar-refractivity contribution in [3.63, 3.8) is 0 Å². The van der Waals surface area contributed by atoms with Crippen LogP contribution >= 0.6 is 0 Å². The highest BCUT2D eigenvalue weighted by molar-refractivity contribution is 5.67. The lowest BCUT2D eigenvalue weighted by Crippen LogP contribution is -2.32. The molecule has 0 bridgehead atoms. The van der Waals surface area contributed by atoms with E-state index in [9.17, 15) is 4.79 Å². The van der Waals surface area contributed by atoms with E-state index < -0.39 is 5.60 Å². The van der Waals surface area contributed by atoms with E-state index in [-0.39, 0.29) is 0 Å². The largest absolute Gasteiger partial charge is 0.363 e.